The van der Waals surface area contributed by atoms with Crippen LogP contribution in [0.15, 0.2) is 43.0 Å². The first-order valence-electron chi connectivity index (χ1n) is 8.04. The van der Waals surface area contributed by atoms with Crippen LogP contribution >= 0.6 is 0 Å². The van der Waals surface area contributed by atoms with Crippen molar-refractivity contribution in [3.8, 4) is 11.5 Å². The maximum absolute atomic E-state index is 11.9. The lowest BCUT2D eigenvalue weighted by molar-refractivity contribution is -0.143. The molecule has 6 nitrogen and oxygen atoms in total. The van der Waals surface area contributed by atoms with E-state index >= 15 is 0 Å². The van der Waals surface area contributed by atoms with E-state index in [-0.39, 0.29) is 5.57 Å². The van der Waals surface area contributed by atoms with Crippen LogP contribution in [0.3, 0.4) is 0 Å². The van der Waals surface area contributed by atoms with E-state index in [0.29, 0.717) is 36.7 Å². The lowest BCUT2D eigenvalue weighted by Crippen LogP contribution is -2.15. The van der Waals surface area contributed by atoms with Gasteiger partial charge in [-0.15, -0.1) is 6.58 Å². The van der Waals surface area contributed by atoms with E-state index in [2.05, 4.69) is 22.6 Å². The minimum Gasteiger partial charge on any atom is -0.490 e. The molecule has 0 amide bonds. The van der Waals surface area contributed by atoms with Crippen molar-refractivity contribution in [3.63, 3.8) is 0 Å². The Morgan fingerprint density at radius 3 is 2.19 bits per heavy atom. The largest absolute Gasteiger partial charge is 0.490 e. The van der Waals surface area contributed by atoms with Gasteiger partial charge in [0.2, 0.25) is 0 Å². The maximum atomic E-state index is 11.9. The summed E-state index contributed by atoms with van der Waals surface area (Å²) >= 11 is 0. The highest BCUT2D eigenvalue weighted by atomic mass is 16.5. The first kappa shape index (κ1) is 21.0. The number of esters is 2. The third-order valence-corrected chi connectivity index (χ3v) is 3.29. The Kier molecular flexibility index (Phi) is 8.70. The van der Waals surface area contributed by atoms with Crippen LogP contribution in [0.1, 0.15) is 18.1 Å². The van der Waals surface area contributed by atoms with Gasteiger partial charge in [0, 0.05) is 5.56 Å². The Balaban J connectivity index is 3.52. The number of ether oxygens (including phenoxy) is 4. The summed E-state index contributed by atoms with van der Waals surface area (Å²) in [6.07, 6.45) is 5.26. The molecule has 0 unspecified atom stereocenters. The second kappa shape index (κ2) is 10.8. The molecule has 0 aliphatic carbocycles. The molecule has 1 aromatic rings. The molecule has 1 rings (SSSR count). The topological polar surface area (TPSA) is 71.1 Å². The maximum Gasteiger partial charge on any atom is 0.345 e. The Bertz CT molecular complexity index is 684. The van der Waals surface area contributed by atoms with Crippen LogP contribution in [0.25, 0.3) is 6.08 Å². The fourth-order valence-corrected chi connectivity index (χ4v) is 2.23. The molecule has 0 N–H and O–H groups in total. The van der Waals surface area contributed by atoms with E-state index < -0.39 is 11.9 Å². The minimum atomic E-state index is -0.785. The highest BCUT2D eigenvalue weighted by molar-refractivity contribution is 6.17. The summed E-state index contributed by atoms with van der Waals surface area (Å²) in [7, 11) is 2.39. The van der Waals surface area contributed by atoms with E-state index in [1.165, 1.54) is 20.3 Å². The van der Waals surface area contributed by atoms with E-state index in [1.54, 1.807) is 24.3 Å². The highest BCUT2D eigenvalue weighted by Gasteiger charge is 2.21. The molecule has 140 valence electrons. The molecule has 0 aliphatic heterocycles. The minimum absolute atomic E-state index is 0.221. The number of carbonyl (C=O) groups excluding carboxylic acids is 2. The molecular weight excluding hydrogens is 336 g/mol. The van der Waals surface area contributed by atoms with E-state index in [1.807, 2.05) is 6.92 Å². The standard InChI is InChI=1S/C20H24O6/c1-6-9-15-11-14(12-16(19(21)23-4)20(22)24-5)13-17(25-8-3)18(15)26-10-7-2/h6-7,11-13H,1-2,8-10H2,3-5H3. The molecule has 0 aliphatic rings. The number of hydrogen-bond donors (Lipinski definition) is 0. The molecule has 0 fully saturated rings. The second-order valence-electron chi connectivity index (χ2n) is 5.07. The molecule has 26 heavy (non-hydrogen) atoms. The lowest BCUT2D eigenvalue weighted by atomic mass is 10.0. The Hall–Kier alpha value is -3.02. The molecular formula is C20H24O6. The summed E-state index contributed by atoms with van der Waals surface area (Å²) in [5, 5.41) is 0. The number of allylic oxidation sites excluding steroid dienone is 1. The SMILES string of the molecule is C=CCOc1c(CC=C)cc(C=C(C(=O)OC)C(=O)OC)cc1OCC. The van der Waals surface area contributed by atoms with E-state index in [0.717, 1.165) is 5.56 Å². The predicted molar refractivity (Wildman–Crippen MR) is 99.2 cm³/mol. The molecule has 6 heteroatoms. The van der Waals surface area contributed by atoms with Crippen molar-refractivity contribution in [2.75, 3.05) is 27.4 Å². The summed E-state index contributed by atoms with van der Waals surface area (Å²) < 4.78 is 20.7. The fourth-order valence-electron chi connectivity index (χ4n) is 2.23. The van der Waals surface area contributed by atoms with Crippen LogP contribution in [-0.4, -0.2) is 39.4 Å². The number of carbonyl (C=O) groups is 2. The molecule has 0 radical (unpaired) electrons. The average Bonchev–Trinajstić information content (AvgIpc) is 2.64. The third kappa shape index (κ3) is 5.51. The van der Waals surface area contributed by atoms with Crippen molar-refractivity contribution in [1.29, 1.82) is 0 Å². The van der Waals surface area contributed by atoms with Crippen LogP contribution in [0, 0.1) is 0 Å². The lowest BCUT2D eigenvalue weighted by Gasteiger charge is -2.16. The van der Waals surface area contributed by atoms with Crippen LogP contribution in [0.5, 0.6) is 11.5 Å². The molecule has 0 spiro atoms. The molecule has 0 saturated carbocycles. The van der Waals surface area contributed by atoms with Gasteiger partial charge < -0.3 is 18.9 Å². The zero-order chi connectivity index (χ0) is 19.5. The quantitative estimate of drug-likeness (QED) is 0.210. The number of methoxy groups -OCH3 is 2. The zero-order valence-corrected chi connectivity index (χ0v) is 15.4. The van der Waals surface area contributed by atoms with Gasteiger partial charge in [-0.1, -0.05) is 18.7 Å². The van der Waals surface area contributed by atoms with Gasteiger partial charge in [-0.05, 0) is 37.1 Å². The molecule has 0 saturated heterocycles. The molecule has 1 aromatic carbocycles. The summed E-state index contributed by atoms with van der Waals surface area (Å²) in [6.45, 7) is 9.98. The van der Waals surface area contributed by atoms with Crippen LogP contribution in [0.4, 0.5) is 0 Å². The second-order valence-corrected chi connectivity index (χ2v) is 5.07. The number of hydrogen-bond acceptors (Lipinski definition) is 6. The van der Waals surface area contributed by atoms with Gasteiger partial charge in [0.25, 0.3) is 0 Å². The molecule has 0 heterocycles. The monoisotopic (exact) mass is 360 g/mol. The van der Waals surface area contributed by atoms with Crippen molar-refractivity contribution in [2.45, 2.75) is 13.3 Å². The van der Waals surface area contributed by atoms with Crippen molar-refractivity contribution >= 4 is 18.0 Å². The normalized spacial score (nSPS) is 9.65. The summed E-state index contributed by atoms with van der Waals surface area (Å²) in [6, 6.07) is 3.47. The van der Waals surface area contributed by atoms with E-state index in [9.17, 15) is 9.59 Å². The highest BCUT2D eigenvalue weighted by Crippen LogP contribution is 2.34. The van der Waals surface area contributed by atoms with Gasteiger partial charge in [-0.3, -0.25) is 0 Å². The Labute approximate surface area is 153 Å². The van der Waals surface area contributed by atoms with Crippen LogP contribution in [0.2, 0.25) is 0 Å². The Morgan fingerprint density at radius 2 is 1.69 bits per heavy atom. The molecule has 0 bridgehead atoms. The van der Waals surface area contributed by atoms with Crippen LogP contribution in [-0.2, 0) is 25.5 Å². The number of benzene rings is 1. The van der Waals surface area contributed by atoms with Gasteiger partial charge in [-0.25, -0.2) is 9.59 Å². The predicted octanol–water partition coefficient (Wildman–Crippen LogP) is 3.11. The zero-order valence-electron chi connectivity index (χ0n) is 15.4. The van der Waals surface area contributed by atoms with Gasteiger partial charge in [0.1, 0.15) is 12.2 Å². The van der Waals surface area contributed by atoms with Crippen molar-refractivity contribution in [3.05, 3.63) is 54.1 Å². The van der Waals surface area contributed by atoms with Gasteiger partial charge in [0.15, 0.2) is 11.5 Å². The average molecular weight is 360 g/mol. The van der Waals surface area contributed by atoms with Gasteiger partial charge in [0.05, 0.1) is 20.8 Å². The van der Waals surface area contributed by atoms with Crippen LogP contribution < -0.4 is 9.47 Å². The first-order chi connectivity index (χ1) is 12.5. The summed E-state index contributed by atoms with van der Waals surface area (Å²) in [5.41, 5.74) is 1.15. The van der Waals surface area contributed by atoms with Crippen molar-refractivity contribution in [1.82, 2.24) is 0 Å². The first-order valence-corrected chi connectivity index (χ1v) is 8.04. The van der Waals surface area contributed by atoms with Crippen molar-refractivity contribution < 1.29 is 28.5 Å². The van der Waals surface area contributed by atoms with Gasteiger partial charge in [-0.2, -0.15) is 0 Å². The third-order valence-electron chi connectivity index (χ3n) is 3.29. The fraction of sp³-hybridized carbons (Fsp3) is 0.300. The van der Waals surface area contributed by atoms with E-state index in [4.69, 9.17) is 9.47 Å². The smallest absolute Gasteiger partial charge is 0.345 e. The number of rotatable bonds is 10. The Morgan fingerprint density at radius 1 is 1.04 bits per heavy atom. The summed E-state index contributed by atoms with van der Waals surface area (Å²) in [4.78, 5) is 23.7. The molecule has 0 aromatic heterocycles. The van der Waals surface area contributed by atoms with Gasteiger partial charge >= 0.3 is 11.9 Å². The molecule has 0 atom stereocenters. The van der Waals surface area contributed by atoms with Crippen molar-refractivity contribution in [2.24, 2.45) is 0 Å². The summed E-state index contributed by atoms with van der Waals surface area (Å²) in [5.74, 6) is -0.505.